The highest BCUT2D eigenvalue weighted by atomic mass is 16.1. The van der Waals surface area contributed by atoms with Crippen molar-refractivity contribution >= 4 is 11.5 Å². The first kappa shape index (κ1) is 25.3. The van der Waals surface area contributed by atoms with Crippen molar-refractivity contribution in [1.82, 2.24) is 14.9 Å². The third-order valence-electron chi connectivity index (χ3n) is 7.69. The van der Waals surface area contributed by atoms with E-state index < -0.39 is 0 Å². The maximum Gasteiger partial charge on any atom is 0.167 e. The van der Waals surface area contributed by atoms with E-state index in [1.54, 1.807) is 6.20 Å². The number of aliphatic imine (C=N–C) groups is 1. The number of hydrogen-bond acceptors (Lipinski definition) is 4. The van der Waals surface area contributed by atoms with E-state index in [2.05, 4.69) is 62.3 Å². The number of nitrogens with one attached hydrogen (secondary N) is 1. The average Bonchev–Trinajstić information content (AvgIpc) is 3.64. The molecule has 0 radical (unpaired) electrons. The number of H-pyrrole nitrogens is 1. The van der Waals surface area contributed by atoms with Crippen LogP contribution in [0.2, 0.25) is 0 Å². The van der Waals surface area contributed by atoms with Gasteiger partial charge in [0.05, 0.1) is 6.54 Å². The molecule has 1 aliphatic carbocycles. The molecule has 37 heavy (non-hydrogen) atoms. The summed E-state index contributed by atoms with van der Waals surface area (Å²) in [5, 5.41) is 0. The molecule has 2 aromatic carbocycles. The van der Waals surface area contributed by atoms with Crippen molar-refractivity contribution in [2.45, 2.75) is 70.9 Å². The Balaban J connectivity index is 1.13. The molecular formula is C32H38N4O. The minimum Gasteiger partial charge on any atom is -0.348 e. The molecule has 0 unspecified atom stereocenters. The summed E-state index contributed by atoms with van der Waals surface area (Å²) in [4.78, 5) is 27.4. The number of benzene rings is 2. The van der Waals surface area contributed by atoms with E-state index in [0.717, 1.165) is 55.3 Å². The van der Waals surface area contributed by atoms with Crippen LogP contribution >= 0.6 is 0 Å². The molecule has 1 aromatic heterocycles. The first-order valence-corrected chi connectivity index (χ1v) is 13.8. The number of aryl methyl sites for hydroxylation is 1. The summed E-state index contributed by atoms with van der Waals surface area (Å²) in [7, 11) is 0. The Labute approximate surface area is 220 Å². The van der Waals surface area contributed by atoms with Gasteiger partial charge in [-0.05, 0) is 35.4 Å². The van der Waals surface area contributed by atoms with Gasteiger partial charge < -0.3 is 4.98 Å². The minimum absolute atomic E-state index is 0.167. The Bertz CT molecular complexity index is 1190. The van der Waals surface area contributed by atoms with E-state index >= 15 is 0 Å². The maximum atomic E-state index is 13.0. The lowest BCUT2D eigenvalue weighted by molar-refractivity contribution is 0.0993. The van der Waals surface area contributed by atoms with Crippen LogP contribution in [-0.4, -0.2) is 32.9 Å². The van der Waals surface area contributed by atoms with Gasteiger partial charge in [-0.25, -0.2) is 4.98 Å². The van der Waals surface area contributed by atoms with Gasteiger partial charge in [-0.1, -0.05) is 86.7 Å². The molecular weight excluding hydrogens is 456 g/mol. The van der Waals surface area contributed by atoms with E-state index in [-0.39, 0.29) is 5.78 Å². The van der Waals surface area contributed by atoms with Gasteiger partial charge in [0.1, 0.15) is 5.82 Å². The van der Waals surface area contributed by atoms with Gasteiger partial charge in [0.15, 0.2) is 5.78 Å². The van der Waals surface area contributed by atoms with Crippen molar-refractivity contribution in [2.75, 3.05) is 6.54 Å². The summed E-state index contributed by atoms with van der Waals surface area (Å²) in [5.41, 5.74) is 5.60. The largest absolute Gasteiger partial charge is 0.348 e. The van der Waals surface area contributed by atoms with Crippen LogP contribution in [-0.2, 0) is 25.9 Å². The third-order valence-corrected chi connectivity index (χ3v) is 7.69. The molecule has 5 nitrogen and oxygen atoms in total. The average molecular weight is 495 g/mol. The highest BCUT2D eigenvalue weighted by Crippen LogP contribution is 2.27. The molecule has 5 heteroatoms. The number of rotatable bonds is 12. The standard InChI is InChI=1S/C32H38N4O/c37-31(21-27-12-10-26(11-13-27)9-8-25-5-2-1-3-6-25)29-16-14-28(15-17-29)22-36(23-30-7-4-18-33-30)24-32-34-19-20-35-32/h4,10-20,25H,1-3,5-9,21-24H2,(H,34,35). The zero-order valence-corrected chi connectivity index (χ0v) is 21.7. The van der Waals surface area contributed by atoms with Gasteiger partial charge in [-0.2, -0.15) is 0 Å². The summed E-state index contributed by atoms with van der Waals surface area (Å²) in [5.74, 6) is 2.02. The Kier molecular flexibility index (Phi) is 8.75. The van der Waals surface area contributed by atoms with Crippen LogP contribution in [0.5, 0.6) is 0 Å². The molecule has 3 aromatic rings. The van der Waals surface area contributed by atoms with Gasteiger partial charge in [-0.3, -0.25) is 14.7 Å². The normalized spacial score (nSPS) is 15.9. The summed E-state index contributed by atoms with van der Waals surface area (Å²) < 4.78 is 0. The van der Waals surface area contributed by atoms with Crippen LogP contribution in [0, 0.1) is 5.92 Å². The smallest absolute Gasteiger partial charge is 0.167 e. The zero-order chi connectivity index (χ0) is 25.3. The van der Waals surface area contributed by atoms with Crippen LogP contribution in [0.15, 0.2) is 78.2 Å². The molecule has 192 valence electrons. The fourth-order valence-electron chi connectivity index (χ4n) is 5.54. The molecule has 0 bridgehead atoms. The second-order valence-electron chi connectivity index (χ2n) is 10.6. The number of carbonyl (C=O) groups is 1. The molecule has 2 aliphatic rings. The number of imidazole rings is 1. The second kappa shape index (κ2) is 12.8. The van der Waals surface area contributed by atoms with Crippen LogP contribution < -0.4 is 0 Å². The van der Waals surface area contributed by atoms with E-state index in [0.29, 0.717) is 6.42 Å². The quantitative estimate of drug-likeness (QED) is 0.285. The summed E-state index contributed by atoms with van der Waals surface area (Å²) >= 11 is 0. The Morgan fingerprint density at radius 1 is 0.892 bits per heavy atom. The minimum atomic E-state index is 0.167. The molecule has 1 fully saturated rings. The molecule has 0 amide bonds. The molecule has 1 aliphatic heterocycles. The Morgan fingerprint density at radius 3 is 2.35 bits per heavy atom. The van der Waals surface area contributed by atoms with E-state index in [1.165, 1.54) is 55.4 Å². The molecule has 5 rings (SSSR count). The van der Waals surface area contributed by atoms with Crippen molar-refractivity contribution in [3.8, 4) is 0 Å². The number of aromatic amines is 1. The summed E-state index contributed by atoms with van der Waals surface area (Å²) in [6.07, 6.45) is 18.4. The van der Waals surface area contributed by atoms with E-state index in [1.807, 2.05) is 24.5 Å². The number of hydrogen-bond donors (Lipinski definition) is 1. The summed E-state index contributed by atoms with van der Waals surface area (Å²) in [6, 6.07) is 16.8. The summed E-state index contributed by atoms with van der Waals surface area (Å²) in [6.45, 7) is 2.30. The van der Waals surface area contributed by atoms with Gasteiger partial charge in [0.2, 0.25) is 0 Å². The highest BCUT2D eigenvalue weighted by molar-refractivity contribution is 5.97. The monoisotopic (exact) mass is 494 g/mol. The van der Waals surface area contributed by atoms with Crippen molar-refractivity contribution < 1.29 is 4.79 Å². The second-order valence-corrected chi connectivity index (χ2v) is 10.6. The molecule has 0 atom stereocenters. The number of aromatic nitrogens is 2. The van der Waals surface area contributed by atoms with Gasteiger partial charge in [-0.15, -0.1) is 0 Å². The zero-order valence-electron chi connectivity index (χ0n) is 21.7. The lowest BCUT2D eigenvalue weighted by Crippen LogP contribution is -2.29. The maximum absolute atomic E-state index is 13.0. The number of allylic oxidation sites excluding steroid dienone is 1. The molecule has 0 spiro atoms. The van der Waals surface area contributed by atoms with Gasteiger partial charge in [0.25, 0.3) is 0 Å². The molecule has 2 heterocycles. The van der Waals surface area contributed by atoms with Crippen molar-refractivity contribution in [2.24, 2.45) is 10.9 Å². The van der Waals surface area contributed by atoms with Crippen LogP contribution in [0.25, 0.3) is 0 Å². The number of Topliss-reactive ketones (excluding diaryl/α,β-unsaturated/α-hetero) is 1. The van der Waals surface area contributed by atoms with Crippen LogP contribution in [0.1, 0.15) is 77.8 Å². The van der Waals surface area contributed by atoms with Crippen molar-refractivity contribution in [3.63, 3.8) is 0 Å². The number of carbonyl (C=O) groups excluding carboxylic acids is 1. The van der Waals surface area contributed by atoms with Crippen LogP contribution in [0.3, 0.4) is 0 Å². The lowest BCUT2D eigenvalue weighted by Gasteiger charge is -2.21. The first-order chi connectivity index (χ1) is 18.2. The van der Waals surface area contributed by atoms with E-state index in [9.17, 15) is 4.79 Å². The molecule has 0 saturated heterocycles. The van der Waals surface area contributed by atoms with E-state index in [4.69, 9.17) is 0 Å². The topological polar surface area (TPSA) is 61.4 Å². The fourth-order valence-corrected chi connectivity index (χ4v) is 5.54. The van der Waals surface area contributed by atoms with Crippen LogP contribution in [0.4, 0.5) is 0 Å². The fraction of sp³-hybridized carbons (Fsp3) is 0.406. The predicted molar refractivity (Wildman–Crippen MR) is 150 cm³/mol. The number of nitrogens with zero attached hydrogens (tertiary/aromatic N) is 3. The van der Waals surface area contributed by atoms with Gasteiger partial charge >= 0.3 is 0 Å². The molecule has 1 saturated carbocycles. The SMILES string of the molecule is O=C(Cc1ccc(CCC2CCCCC2)cc1)c1ccc(CN(CC2=NC=CC2)Cc2ncc[nH]2)cc1. The first-order valence-electron chi connectivity index (χ1n) is 13.8. The Hall–Kier alpha value is -3.31. The number of ketones is 1. The van der Waals surface area contributed by atoms with Gasteiger partial charge in [0, 0.05) is 55.8 Å². The predicted octanol–water partition coefficient (Wildman–Crippen LogP) is 6.71. The third kappa shape index (κ3) is 7.59. The van der Waals surface area contributed by atoms with Crippen molar-refractivity contribution in [1.29, 1.82) is 0 Å². The van der Waals surface area contributed by atoms with Crippen molar-refractivity contribution in [3.05, 3.63) is 101 Å². The molecule has 1 N–H and O–H groups in total. The lowest BCUT2D eigenvalue weighted by atomic mass is 9.85. The Morgan fingerprint density at radius 2 is 1.65 bits per heavy atom. The highest BCUT2D eigenvalue weighted by Gasteiger charge is 2.15.